The molecule has 1 atom stereocenters. The van der Waals surface area contributed by atoms with Crippen LogP contribution in [0.15, 0.2) is 24.3 Å². The van der Waals surface area contributed by atoms with E-state index < -0.39 is 0 Å². The van der Waals surface area contributed by atoms with E-state index in [1.54, 1.807) is 19.0 Å². The molecule has 1 saturated heterocycles. The molecule has 1 fully saturated rings. The minimum Gasteiger partial charge on any atom is -0.331 e. The molecular formula is C16H22N4O. The third-order valence-electron chi connectivity index (χ3n) is 3.94. The van der Waals surface area contributed by atoms with E-state index in [0.717, 1.165) is 24.2 Å². The minimum absolute atomic E-state index is 0.0408. The Morgan fingerprint density at radius 2 is 1.86 bits per heavy atom. The molecule has 0 N–H and O–H groups in total. The number of hydrogen-bond donors (Lipinski definition) is 0. The summed E-state index contributed by atoms with van der Waals surface area (Å²) >= 11 is 0. The van der Waals surface area contributed by atoms with E-state index in [0.29, 0.717) is 13.1 Å². The van der Waals surface area contributed by atoms with Gasteiger partial charge in [-0.2, -0.15) is 5.26 Å². The van der Waals surface area contributed by atoms with Crippen molar-refractivity contribution in [1.82, 2.24) is 14.7 Å². The SMILES string of the molecule is Cc1ccccc1C(C#N)N1CCN(C(=O)N(C)C)CC1. The van der Waals surface area contributed by atoms with Crippen molar-refractivity contribution in [2.45, 2.75) is 13.0 Å². The Hall–Kier alpha value is -2.06. The van der Waals surface area contributed by atoms with Crippen molar-refractivity contribution in [3.63, 3.8) is 0 Å². The van der Waals surface area contributed by atoms with Gasteiger partial charge in [-0.1, -0.05) is 24.3 Å². The molecule has 1 unspecified atom stereocenters. The first-order chi connectivity index (χ1) is 10.0. The van der Waals surface area contributed by atoms with E-state index in [4.69, 9.17) is 0 Å². The summed E-state index contributed by atoms with van der Waals surface area (Å²) in [6.45, 7) is 4.83. The van der Waals surface area contributed by atoms with Gasteiger partial charge >= 0.3 is 6.03 Å². The van der Waals surface area contributed by atoms with Gasteiger partial charge in [0, 0.05) is 40.3 Å². The highest BCUT2D eigenvalue weighted by Gasteiger charge is 2.28. The zero-order chi connectivity index (χ0) is 15.4. The van der Waals surface area contributed by atoms with E-state index in [2.05, 4.69) is 11.0 Å². The van der Waals surface area contributed by atoms with E-state index >= 15 is 0 Å². The standard InChI is InChI=1S/C16H22N4O/c1-13-6-4-5-7-14(13)15(12-17)19-8-10-20(11-9-19)16(21)18(2)3/h4-7,15H,8-11H2,1-3H3. The fourth-order valence-electron chi connectivity index (χ4n) is 2.70. The number of hydrogen-bond acceptors (Lipinski definition) is 3. The maximum Gasteiger partial charge on any atom is 0.319 e. The normalized spacial score (nSPS) is 17.1. The molecule has 1 heterocycles. The van der Waals surface area contributed by atoms with Crippen molar-refractivity contribution in [3.8, 4) is 6.07 Å². The molecule has 1 aromatic rings. The third-order valence-corrected chi connectivity index (χ3v) is 3.94. The van der Waals surface area contributed by atoms with Gasteiger partial charge in [0.2, 0.25) is 0 Å². The molecule has 1 aromatic carbocycles. The number of nitrogens with zero attached hydrogens (tertiary/aromatic N) is 4. The first-order valence-corrected chi connectivity index (χ1v) is 7.20. The Morgan fingerprint density at radius 3 is 2.38 bits per heavy atom. The summed E-state index contributed by atoms with van der Waals surface area (Å²) in [7, 11) is 3.53. The second-order valence-corrected chi connectivity index (χ2v) is 5.59. The van der Waals surface area contributed by atoms with Crippen LogP contribution in [0.4, 0.5) is 4.79 Å². The molecule has 0 saturated carbocycles. The Labute approximate surface area is 126 Å². The van der Waals surface area contributed by atoms with Gasteiger partial charge in [-0.15, -0.1) is 0 Å². The number of amides is 2. The van der Waals surface area contributed by atoms with Crippen LogP contribution in [0.2, 0.25) is 0 Å². The number of carbonyl (C=O) groups excluding carboxylic acids is 1. The lowest BCUT2D eigenvalue weighted by molar-refractivity contribution is 0.111. The molecule has 112 valence electrons. The summed E-state index contributed by atoms with van der Waals surface area (Å²) in [6.07, 6.45) is 0. The molecule has 2 amide bonds. The molecule has 1 aliphatic heterocycles. The molecule has 0 bridgehead atoms. The van der Waals surface area contributed by atoms with Crippen molar-refractivity contribution >= 4 is 6.03 Å². The van der Waals surface area contributed by atoms with Gasteiger partial charge in [-0.3, -0.25) is 4.90 Å². The van der Waals surface area contributed by atoms with Gasteiger partial charge in [0.1, 0.15) is 6.04 Å². The van der Waals surface area contributed by atoms with Gasteiger partial charge in [0.15, 0.2) is 0 Å². The molecule has 5 nitrogen and oxygen atoms in total. The highest BCUT2D eigenvalue weighted by atomic mass is 16.2. The van der Waals surface area contributed by atoms with Crippen LogP contribution in [0.1, 0.15) is 17.2 Å². The Balaban J connectivity index is 2.06. The number of carbonyl (C=O) groups is 1. The first kappa shape index (κ1) is 15.3. The molecular weight excluding hydrogens is 264 g/mol. The largest absolute Gasteiger partial charge is 0.331 e. The van der Waals surface area contributed by atoms with E-state index in [-0.39, 0.29) is 12.1 Å². The van der Waals surface area contributed by atoms with Crippen molar-refractivity contribution in [3.05, 3.63) is 35.4 Å². The molecule has 0 radical (unpaired) electrons. The molecule has 2 rings (SSSR count). The fourth-order valence-corrected chi connectivity index (χ4v) is 2.70. The van der Waals surface area contributed by atoms with Crippen molar-refractivity contribution < 1.29 is 4.79 Å². The van der Waals surface area contributed by atoms with Crippen LogP contribution in [0, 0.1) is 18.3 Å². The minimum atomic E-state index is -0.234. The van der Waals surface area contributed by atoms with Crippen LogP contribution < -0.4 is 0 Å². The van der Waals surface area contributed by atoms with Crippen molar-refractivity contribution in [1.29, 1.82) is 5.26 Å². The topological polar surface area (TPSA) is 50.6 Å². The molecule has 5 heteroatoms. The highest BCUT2D eigenvalue weighted by Crippen LogP contribution is 2.24. The number of nitriles is 1. The van der Waals surface area contributed by atoms with E-state index in [9.17, 15) is 10.1 Å². The maximum absolute atomic E-state index is 11.9. The summed E-state index contributed by atoms with van der Waals surface area (Å²) in [5.74, 6) is 0. The predicted octanol–water partition coefficient (Wildman–Crippen LogP) is 1.86. The summed E-state index contributed by atoms with van der Waals surface area (Å²) in [5, 5.41) is 9.54. The lowest BCUT2D eigenvalue weighted by atomic mass is 10.0. The van der Waals surface area contributed by atoms with Gasteiger partial charge in [-0.05, 0) is 18.1 Å². The number of piperazine rings is 1. The molecule has 1 aliphatic rings. The Kier molecular flexibility index (Phi) is 4.81. The number of rotatable bonds is 2. The zero-order valence-corrected chi connectivity index (χ0v) is 12.9. The van der Waals surface area contributed by atoms with Crippen molar-refractivity contribution in [2.75, 3.05) is 40.3 Å². The van der Waals surface area contributed by atoms with Crippen LogP contribution in [0.3, 0.4) is 0 Å². The smallest absolute Gasteiger partial charge is 0.319 e. The van der Waals surface area contributed by atoms with Crippen LogP contribution in [0.5, 0.6) is 0 Å². The number of aryl methyl sites for hydroxylation is 1. The van der Waals surface area contributed by atoms with Gasteiger partial charge in [0.05, 0.1) is 6.07 Å². The second-order valence-electron chi connectivity index (χ2n) is 5.59. The average molecular weight is 286 g/mol. The average Bonchev–Trinajstić information content (AvgIpc) is 2.50. The number of benzene rings is 1. The monoisotopic (exact) mass is 286 g/mol. The molecule has 0 spiro atoms. The lowest BCUT2D eigenvalue weighted by Crippen LogP contribution is -2.52. The molecule has 21 heavy (non-hydrogen) atoms. The zero-order valence-electron chi connectivity index (χ0n) is 12.9. The van der Waals surface area contributed by atoms with Gasteiger partial charge in [-0.25, -0.2) is 4.79 Å². The van der Waals surface area contributed by atoms with Crippen LogP contribution in [0.25, 0.3) is 0 Å². The Morgan fingerprint density at radius 1 is 1.24 bits per heavy atom. The maximum atomic E-state index is 11.9. The quantitative estimate of drug-likeness (QED) is 0.834. The Bertz CT molecular complexity index is 541. The number of urea groups is 1. The summed E-state index contributed by atoms with van der Waals surface area (Å²) < 4.78 is 0. The van der Waals surface area contributed by atoms with E-state index in [1.165, 1.54) is 0 Å². The van der Waals surface area contributed by atoms with Gasteiger partial charge < -0.3 is 9.80 Å². The van der Waals surface area contributed by atoms with Crippen LogP contribution in [-0.4, -0.2) is 61.0 Å². The summed E-state index contributed by atoms with van der Waals surface area (Å²) in [4.78, 5) is 17.5. The fraction of sp³-hybridized carbons (Fsp3) is 0.500. The lowest BCUT2D eigenvalue weighted by Gasteiger charge is -2.38. The van der Waals surface area contributed by atoms with E-state index in [1.807, 2.05) is 36.1 Å². The van der Waals surface area contributed by atoms with Crippen LogP contribution in [-0.2, 0) is 0 Å². The molecule has 0 aromatic heterocycles. The first-order valence-electron chi connectivity index (χ1n) is 7.20. The highest BCUT2D eigenvalue weighted by molar-refractivity contribution is 5.73. The van der Waals surface area contributed by atoms with Crippen molar-refractivity contribution in [2.24, 2.45) is 0 Å². The molecule has 0 aliphatic carbocycles. The summed E-state index contributed by atoms with van der Waals surface area (Å²) in [6, 6.07) is 10.2. The second kappa shape index (κ2) is 6.59. The predicted molar refractivity (Wildman–Crippen MR) is 81.8 cm³/mol. The van der Waals surface area contributed by atoms with Gasteiger partial charge in [0.25, 0.3) is 0 Å². The summed E-state index contributed by atoms with van der Waals surface area (Å²) in [5.41, 5.74) is 2.20. The third kappa shape index (κ3) is 3.34. The van der Waals surface area contributed by atoms with Crippen LogP contribution >= 0.6 is 0 Å².